The number of rotatable bonds is 14. The Morgan fingerprint density at radius 3 is 2.01 bits per heavy atom. The van der Waals surface area contributed by atoms with Crippen LogP contribution in [0.2, 0.25) is 0 Å². The van der Waals surface area contributed by atoms with Gasteiger partial charge in [0, 0.05) is 44.6 Å². The van der Waals surface area contributed by atoms with Gasteiger partial charge in [0.25, 0.3) is 5.91 Å². The van der Waals surface area contributed by atoms with Crippen molar-refractivity contribution in [2.24, 2.45) is 5.92 Å². The van der Waals surface area contributed by atoms with Gasteiger partial charge in [0.15, 0.2) is 0 Å². The van der Waals surface area contributed by atoms with Crippen LogP contribution in [0.25, 0.3) is 11.1 Å². The Bertz CT molecular complexity index is 2630. The van der Waals surface area contributed by atoms with Gasteiger partial charge in [-0.2, -0.15) is 0 Å². The average Bonchev–Trinajstić information content (AvgIpc) is 4.00. The molecule has 344 valence electrons. The number of piperidine rings is 1. The topological polar surface area (TPSA) is 155 Å². The van der Waals surface area contributed by atoms with Crippen molar-refractivity contribution in [2.75, 3.05) is 31.6 Å². The predicted molar refractivity (Wildman–Crippen MR) is 251 cm³/mol. The van der Waals surface area contributed by atoms with Crippen LogP contribution in [0.3, 0.4) is 0 Å². The van der Waals surface area contributed by atoms with Gasteiger partial charge in [0.2, 0.25) is 17.7 Å². The van der Waals surface area contributed by atoms with E-state index in [1.807, 2.05) is 121 Å². The van der Waals surface area contributed by atoms with Gasteiger partial charge in [-0.25, -0.2) is 4.79 Å². The van der Waals surface area contributed by atoms with Gasteiger partial charge in [-0.3, -0.25) is 28.9 Å². The summed E-state index contributed by atoms with van der Waals surface area (Å²) >= 11 is 0. The van der Waals surface area contributed by atoms with Crippen LogP contribution < -0.4 is 15.5 Å². The van der Waals surface area contributed by atoms with E-state index in [1.54, 1.807) is 24.0 Å². The van der Waals surface area contributed by atoms with Crippen LogP contribution in [0.5, 0.6) is 0 Å². The number of carbonyl (C=O) groups excluding carboxylic acids is 6. The van der Waals surface area contributed by atoms with Gasteiger partial charge in [-0.15, -0.1) is 0 Å². The Balaban J connectivity index is 0.987. The number of esters is 1. The first kappa shape index (κ1) is 44.9. The molecule has 9 rings (SSSR count). The minimum absolute atomic E-state index is 0.0247. The summed E-state index contributed by atoms with van der Waals surface area (Å²) in [5.74, 6) is -3.92. The molecule has 13 heteroatoms. The molecule has 2 heterocycles. The van der Waals surface area contributed by atoms with E-state index in [9.17, 15) is 19.2 Å². The molecule has 1 saturated heterocycles. The number of hydrogen-bond acceptors (Lipinski definition) is 8. The number of nitrogens with zero attached hydrogens (tertiary/aromatic N) is 3. The number of anilines is 1. The third-order valence-electron chi connectivity index (χ3n) is 13.8. The number of ether oxygens (including phenoxy) is 2. The van der Waals surface area contributed by atoms with Crippen molar-refractivity contribution in [1.82, 2.24) is 20.4 Å². The molecule has 0 bridgehead atoms. The van der Waals surface area contributed by atoms with Crippen molar-refractivity contribution in [1.29, 1.82) is 0 Å². The largest absolute Gasteiger partial charge is 0.461 e. The van der Waals surface area contributed by atoms with E-state index >= 15 is 9.59 Å². The van der Waals surface area contributed by atoms with Crippen LogP contribution in [0.15, 0.2) is 133 Å². The lowest BCUT2D eigenvalue weighted by atomic mass is 9.92. The summed E-state index contributed by atoms with van der Waals surface area (Å²) in [5.41, 5.74) is 5.10. The first-order valence-electron chi connectivity index (χ1n) is 23.2. The van der Waals surface area contributed by atoms with Crippen LogP contribution in [-0.4, -0.2) is 95.9 Å². The molecule has 1 saturated carbocycles. The summed E-state index contributed by atoms with van der Waals surface area (Å²) in [5, 5.41) is 5.72. The van der Waals surface area contributed by atoms with E-state index in [0.29, 0.717) is 24.3 Å². The fourth-order valence-electron chi connectivity index (χ4n) is 10.1. The summed E-state index contributed by atoms with van der Waals surface area (Å²) in [4.78, 5) is 90.8. The summed E-state index contributed by atoms with van der Waals surface area (Å²) in [6.07, 6.45) is 2.07. The quantitative estimate of drug-likeness (QED) is 0.119. The smallest absolute Gasteiger partial charge is 0.408 e. The molecule has 2 N–H and O–H groups in total. The number of likely N-dealkylation sites (N-methyl/N-ethyl adjacent to an activating group) is 1. The average molecular weight is 902 g/mol. The van der Waals surface area contributed by atoms with E-state index < -0.39 is 59.4 Å². The van der Waals surface area contributed by atoms with Crippen molar-refractivity contribution in [3.05, 3.63) is 161 Å². The summed E-state index contributed by atoms with van der Waals surface area (Å²) in [6.45, 7) is 2.84. The maximum atomic E-state index is 15.2. The van der Waals surface area contributed by atoms with Crippen LogP contribution >= 0.6 is 0 Å². The number of alkyl carbamates (subject to hydrolysis) is 1. The molecule has 13 nitrogen and oxygen atoms in total. The zero-order chi connectivity index (χ0) is 46.7. The monoisotopic (exact) mass is 901 g/mol. The van der Waals surface area contributed by atoms with Crippen LogP contribution in [0, 0.1) is 5.92 Å². The molecule has 5 aromatic rings. The molecular weight excluding hydrogens is 847 g/mol. The highest BCUT2D eigenvalue weighted by Gasteiger charge is 2.67. The second-order valence-electron chi connectivity index (χ2n) is 18.1. The molecular formula is C54H55N5O8. The molecule has 5 aromatic carbocycles. The molecule has 5 amide bonds. The number of likely N-dealkylation sites (tertiary alicyclic amines) is 1. The standard InChI is InChI=1S/C54H55N5O8/c1-35(49(61)58-28-16-5-17-29-58)55-48(60)46(30-36-18-6-3-7-19-36)59-45-27-15-10-22-38(45)31-47(50(59)62)57(2)52(64)54(32-44(54)51(63)66-33-37-20-8-4-9-21-37)56-53(65)67-34-43-41-25-13-11-23-39(41)40-24-12-14-26-42(40)43/h3-4,6-15,18-27,35,43-44,46-47H,5,16-17,28-34H2,1-2H3,(H,55,60)(H,56,65)/t35-,44-,46-,47-,54+/m0/s1. The maximum absolute atomic E-state index is 15.2. The lowest BCUT2D eigenvalue weighted by Crippen LogP contribution is -2.63. The molecule has 2 fully saturated rings. The van der Waals surface area contributed by atoms with Gasteiger partial charge < -0.3 is 29.9 Å². The maximum Gasteiger partial charge on any atom is 0.408 e. The fraction of sp³-hybridized carbons (Fsp3) is 0.333. The van der Waals surface area contributed by atoms with Crippen LogP contribution in [0.4, 0.5) is 10.5 Å². The molecule has 2 aliphatic heterocycles. The Kier molecular flexibility index (Phi) is 12.9. The van der Waals surface area contributed by atoms with Gasteiger partial charge in [-0.1, -0.05) is 127 Å². The van der Waals surface area contributed by atoms with Gasteiger partial charge >= 0.3 is 12.1 Å². The first-order chi connectivity index (χ1) is 32.5. The van der Waals surface area contributed by atoms with E-state index in [0.717, 1.165) is 52.6 Å². The third kappa shape index (κ3) is 9.15. The Morgan fingerprint density at radius 2 is 1.34 bits per heavy atom. The summed E-state index contributed by atoms with van der Waals surface area (Å²) in [7, 11) is 1.48. The molecule has 2 aliphatic carbocycles. The number of nitrogens with one attached hydrogen (secondary N) is 2. The van der Waals surface area contributed by atoms with E-state index in [-0.39, 0.29) is 44.3 Å². The van der Waals surface area contributed by atoms with Crippen LogP contribution in [-0.2, 0) is 52.9 Å². The number of hydrogen-bond donors (Lipinski definition) is 2. The van der Waals surface area contributed by atoms with Crippen molar-refractivity contribution in [3.63, 3.8) is 0 Å². The zero-order valence-electron chi connectivity index (χ0n) is 37.8. The molecule has 67 heavy (non-hydrogen) atoms. The van der Waals surface area contributed by atoms with E-state index in [2.05, 4.69) is 10.6 Å². The highest BCUT2D eigenvalue weighted by atomic mass is 16.6. The number of amides is 5. The van der Waals surface area contributed by atoms with Crippen molar-refractivity contribution >= 4 is 41.4 Å². The number of carbonyl (C=O) groups is 6. The Hall–Kier alpha value is -7.28. The second kappa shape index (κ2) is 19.3. The number of para-hydroxylation sites is 1. The van der Waals surface area contributed by atoms with Gasteiger partial charge in [0.1, 0.15) is 36.9 Å². The highest BCUT2D eigenvalue weighted by molar-refractivity contribution is 6.09. The second-order valence-corrected chi connectivity index (χ2v) is 18.1. The minimum atomic E-state index is -1.79. The van der Waals surface area contributed by atoms with Crippen molar-refractivity contribution in [3.8, 4) is 11.1 Å². The molecule has 0 aromatic heterocycles. The lowest BCUT2D eigenvalue weighted by molar-refractivity contribution is -0.150. The Labute approximate surface area is 390 Å². The third-order valence-corrected chi connectivity index (χ3v) is 13.8. The molecule has 0 unspecified atom stereocenters. The summed E-state index contributed by atoms with van der Waals surface area (Å²) < 4.78 is 11.6. The molecule has 4 aliphatic rings. The number of fused-ring (bicyclic) bond motifs is 4. The minimum Gasteiger partial charge on any atom is -0.461 e. The predicted octanol–water partition coefficient (Wildman–Crippen LogP) is 6.57. The zero-order valence-corrected chi connectivity index (χ0v) is 37.8. The van der Waals surface area contributed by atoms with E-state index in [1.165, 1.54) is 16.8 Å². The SMILES string of the molecule is C[C@H](NC(=O)[C@H](Cc1ccccc1)N1C(=O)[C@@H](N(C)C(=O)[C@@]2(NC(=O)OCC3c4ccccc4-c4ccccc43)C[C@H]2C(=O)OCc2ccccc2)Cc2ccccc21)C(=O)N1CCCCC1. The lowest BCUT2D eigenvalue weighted by Gasteiger charge is -2.42. The number of benzene rings is 5. The van der Waals surface area contributed by atoms with Crippen molar-refractivity contribution < 1.29 is 38.2 Å². The molecule has 0 radical (unpaired) electrons. The van der Waals surface area contributed by atoms with E-state index in [4.69, 9.17) is 9.47 Å². The Morgan fingerprint density at radius 1 is 0.746 bits per heavy atom. The molecule has 5 atom stereocenters. The van der Waals surface area contributed by atoms with Crippen LogP contribution in [0.1, 0.15) is 66.3 Å². The van der Waals surface area contributed by atoms with Crippen molar-refractivity contribution in [2.45, 2.75) is 81.6 Å². The first-order valence-corrected chi connectivity index (χ1v) is 23.2. The van der Waals surface area contributed by atoms with Gasteiger partial charge in [-0.05, 0) is 77.6 Å². The van der Waals surface area contributed by atoms with Gasteiger partial charge in [0.05, 0.1) is 5.92 Å². The normalized spacial score (nSPS) is 20.3. The highest BCUT2D eigenvalue weighted by Crippen LogP contribution is 2.48. The fourth-order valence-corrected chi connectivity index (χ4v) is 10.1. The molecule has 0 spiro atoms. The summed E-state index contributed by atoms with van der Waals surface area (Å²) in [6, 6.07) is 38.5.